The van der Waals surface area contributed by atoms with Crippen molar-refractivity contribution in [3.05, 3.63) is 24.3 Å². The Kier molecular flexibility index (Phi) is 14.5. The smallest absolute Gasteiger partial charge is 0.413 e. The number of hydrogen-bond acceptors (Lipinski definition) is 7. The van der Waals surface area contributed by atoms with E-state index in [-0.39, 0.29) is 18.6 Å². The predicted octanol–water partition coefficient (Wildman–Crippen LogP) is 2.22. The molecule has 3 N–H and O–H groups in total. The summed E-state index contributed by atoms with van der Waals surface area (Å²) in [5, 5.41) is 19.8. The lowest BCUT2D eigenvalue weighted by atomic mass is 10.1. The molecule has 30 heavy (non-hydrogen) atoms. The molecule has 0 saturated carbocycles. The van der Waals surface area contributed by atoms with Crippen LogP contribution < -0.4 is 15.0 Å². The van der Waals surface area contributed by atoms with Gasteiger partial charge >= 0.3 is 18.0 Å². The van der Waals surface area contributed by atoms with Crippen LogP contribution in [0.4, 0.5) is 10.5 Å². The highest BCUT2D eigenvalue weighted by Crippen LogP contribution is 2.19. The van der Waals surface area contributed by atoms with Gasteiger partial charge in [0.25, 0.3) is 0 Å². The normalized spacial score (nSPS) is 10.9. The summed E-state index contributed by atoms with van der Waals surface area (Å²) in [6, 6.07) is 5.32. The van der Waals surface area contributed by atoms with Crippen LogP contribution in [0.1, 0.15) is 26.7 Å². The van der Waals surface area contributed by atoms with Crippen LogP contribution in [0.15, 0.2) is 24.3 Å². The zero-order valence-corrected chi connectivity index (χ0v) is 17.9. The molecule has 170 valence electrons. The average Bonchev–Trinajstić information content (AvgIpc) is 2.73. The molecule has 0 unspecified atom stereocenters. The SMILES string of the molecule is CC.COCCN(CCOC)c1ccc(OC(=O)N[C@@H](CCC(=O)O)C(=O)O)cc1. The Balaban J connectivity index is 0.00000407. The van der Waals surface area contributed by atoms with Gasteiger partial charge in [0.2, 0.25) is 0 Å². The molecule has 0 spiro atoms. The third-order valence-electron chi connectivity index (χ3n) is 3.78. The maximum atomic E-state index is 11.9. The quantitative estimate of drug-likeness (QED) is 0.432. The summed E-state index contributed by atoms with van der Waals surface area (Å²) in [5.74, 6) is -2.26. The maximum Gasteiger partial charge on any atom is 0.413 e. The first-order chi connectivity index (χ1) is 14.4. The Morgan fingerprint density at radius 3 is 1.97 bits per heavy atom. The van der Waals surface area contributed by atoms with Gasteiger partial charge < -0.3 is 34.6 Å². The predicted molar refractivity (Wildman–Crippen MR) is 111 cm³/mol. The molecular formula is C20H32N2O8. The first-order valence-electron chi connectivity index (χ1n) is 9.63. The molecule has 0 fully saturated rings. The van der Waals surface area contributed by atoms with E-state index in [1.54, 1.807) is 38.5 Å². The summed E-state index contributed by atoms with van der Waals surface area (Å²) in [4.78, 5) is 35.6. The van der Waals surface area contributed by atoms with E-state index in [0.29, 0.717) is 26.3 Å². The molecule has 1 amide bonds. The first kappa shape index (κ1) is 27.1. The number of carboxylic acids is 2. The third-order valence-corrected chi connectivity index (χ3v) is 3.78. The number of anilines is 1. The molecule has 0 saturated heterocycles. The van der Waals surface area contributed by atoms with Crippen LogP contribution in [0.5, 0.6) is 5.75 Å². The minimum atomic E-state index is -1.35. The van der Waals surface area contributed by atoms with Crippen molar-refractivity contribution in [1.82, 2.24) is 5.32 Å². The lowest BCUT2D eigenvalue weighted by Gasteiger charge is -2.24. The van der Waals surface area contributed by atoms with Crippen LogP contribution in [0.3, 0.4) is 0 Å². The third kappa shape index (κ3) is 11.2. The standard InChI is InChI=1S/C18H26N2O8.C2H6/c1-26-11-9-20(10-12-27-2)13-3-5-14(6-4-13)28-18(25)19-15(17(23)24)7-8-16(21)22;1-2/h3-6,15H,7-12H2,1-2H3,(H,19,25)(H,21,22)(H,23,24);1-2H3/t15-;/m0./s1. The second-order valence-electron chi connectivity index (χ2n) is 5.82. The molecule has 0 radical (unpaired) electrons. The minimum Gasteiger partial charge on any atom is -0.481 e. The van der Waals surface area contributed by atoms with Gasteiger partial charge in [-0.25, -0.2) is 9.59 Å². The Hall–Kier alpha value is -2.85. The lowest BCUT2D eigenvalue weighted by Crippen LogP contribution is -2.42. The van der Waals surface area contributed by atoms with Crippen LogP contribution in [0.25, 0.3) is 0 Å². The Labute approximate surface area is 176 Å². The van der Waals surface area contributed by atoms with E-state index in [1.165, 1.54) is 0 Å². The fourth-order valence-electron chi connectivity index (χ4n) is 2.30. The van der Waals surface area contributed by atoms with Crippen molar-refractivity contribution in [2.75, 3.05) is 45.4 Å². The number of rotatable bonds is 13. The molecule has 0 aromatic heterocycles. The number of ether oxygens (including phenoxy) is 3. The number of amides is 1. The molecule has 10 heteroatoms. The highest BCUT2D eigenvalue weighted by Gasteiger charge is 2.22. The molecule has 1 aromatic carbocycles. The van der Waals surface area contributed by atoms with Crippen molar-refractivity contribution >= 4 is 23.7 Å². The van der Waals surface area contributed by atoms with E-state index in [9.17, 15) is 14.4 Å². The number of hydrogen-bond donors (Lipinski definition) is 3. The van der Waals surface area contributed by atoms with Crippen LogP contribution in [-0.4, -0.2) is 74.8 Å². The van der Waals surface area contributed by atoms with Crippen molar-refractivity contribution < 1.29 is 38.8 Å². The van der Waals surface area contributed by atoms with Gasteiger partial charge in [0.15, 0.2) is 0 Å². The van der Waals surface area contributed by atoms with Crippen molar-refractivity contribution in [2.24, 2.45) is 0 Å². The molecular weight excluding hydrogens is 396 g/mol. The highest BCUT2D eigenvalue weighted by atomic mass is 16.6. The number of carbonyl (C=O) groups excluding carboxylic acids is 1. The largest absolute Gasteiger partial charge is 0.481 e. The van der Waals surface area contributed by atoms with Crippen LogP contribution in [0, 0.1) is 0 Å². The van der Waals surface area contributed by atoms with Crippen molar-refractivity contribution in [2.45, 2.75) is 32.7 Å². The van der Waals surface area contributed by atoms with Gasteiger partial charge in [0, 0.05) is 39.4 Å². The molecule has 10 nitrogen and oxygen atoms in total. The minimum absolute atomic E-state index is 0.224. The fourth-order valence-corrected chi connectivity index (χ4v) is 2.30. The maximum absolute atomic E-state index is 11.9. The number of carboxylic acid groups (broad SMARTS) is 2. The highest BCUT2D eigenvalue weighted by molar-refractivity contribution is 5.81. The Bertz CT molecular complexity index is 628. The van der Waals surface area contributed by atoms with Crippen molar-refractivity contribution in [3.8, 4) is 5.75 Å². The van der Waals surface area contributed by atoms with E-state index in [4.69, 9.17) is 24.4 Å². The van der Waals surface area contributed by atoms with Crippen molar-refractivity contribution in [1.29, 1.82) is 0 Å². The van der Waals surface area contributed by atoms with Gasteiger partial charge in [0.1, 0.15) is 11.8 Å². The molecule has 0 aliphatic heterocycles. The Morgan fingerprint density at radius 2 is 1.53 bits per heavy atom. The molecule has 0 heterocycles. The van der Waals surface area contributed by atoms with Crippen LogP contribution in [-0.2, 0) is 19.1 Å². The number of aliphatic carboxylic acids is 2. The summed E-state index contributed by atoms with van der Waals surface area (Å²) in [6.07, 6.45) is -1.60. The Morgan fingerprint density at radius 1 is 1.00 bits per heavy atom. The van der Waals surface area contributed by atoms with E-state index < -0.39 is 24.1 Å². The molecule has 0 aliphatic carbocycles. The second-order valence-corrected chi connectivity index (χ2v) is 5.82. The van der Waals surface area contributed by atoms with Gasteiger partial charge in [-0.05, 0) is 30.7 Å². The molecule has 1 atom stereocenters. The number of nitrogens with zero attached hydrogens (tertiary/aromatic N) is 1. The second kappa shape index (κ2) is 16.0. The summed E-state index contributed by atoms with van der Waals surface area (Å²) >= 11 is 0. The molecule has 1 rings (SSSR count). The number of carbonyl (C=O) groups is 3. The summed E-state index contributed by atoms with van der Waals surface area (Å²) < 4.78 is 15.3. The molecule has 1 aromatic rings. The van der Waals surface area contributed by atoms with E-state index in [2.05, 4.69) is 5.32 Å². The summed E-state index contributed by atoms with van der Waals surface area (Å²) in [5.41, 5.74) is 0.881. The van der Waals surface area contributed by atoms with Crippen LogP contribution in [0.2, 0.25) is 0 Å². The van der Waals surface area contributed by atoms with Gasteiger partial charge in [-0.15, -0.1) is 0 Å². The van der Waals surface area contributed by atoms with E-state index in [1.807, 2.05) is 18.7 Å². The topological polar surface area (TPSA) is 135 Å². The van der Waals surface area contributed by atoms with Gasteiger partial charge in [-0.2, -0.15) is 0 Å². The average molecular weight is 428 g/mol. The zero-order chi connectivity index (χ0) is 22.9. The number of methoxy groups -OCH3 is 2. The number of benzene rings is 1. The first-order valence-corrected chi connectivity index (χ1v) is 9.63. The zero-order valence-electron chi connectivity index (χ0n) is 17.9. The van der Waals surface area contributed by atoms with Crippen molar-refractivity contribution in [3.63, 3.8) is 0 Å². The lowest BCUT2D eigenvalue weighted by molar-refractivity contribution is -0.140. The van der Waals surface area contributed by atoms with Gasteiger partial charge in [-0.1, -0.05) is 13.8 Å². The number of nitrogens with one attached hydrogen (secondary N) is 1. The summed E-state index contributed by atoms with van der Waals surface area (Å²) in [6.45, 7) is 6.39. The molecule has 0 aliphatic rings. The fraction of sp³-hybridized carbons (Fsp3) is 0.550. The van der Waals surface area contributed by atoms with E-state index in [0.717, 1.165) is 5.69 Å². The van der Waals surface area contributed by atoms with Gasteiger partial charge in [0.05, 0.1) is 13.2 Å². The van der Waals surface area contributed by atoms with Gasteiger partial charge in [-0.3, -0.25) is 4.79 Å². The van der Waals surface area contributed by atoms with E-state index >= 15 is 0 Å². The van der Waals surface area contributed by atoms with Crippen LogP contribution >= 0.6 is 0 Å². The molecule has 0 bridgehead atoms. The summed E-state index contributed by atoms with van der Waals surface area (Å²) in [7, 11) is 3.23. The monoisotopic (exact) mass is 428 g/mol.